The number of hydrogen-bond acceptors (Lipinski definition) is 7. The van der Waals surface area contributed by atoms with Crippen LogP contribution < -0.4 is 19.7 Å². The number of barbiturate groups is 1. The summed E-state index contributed by atoms with van der Waals surface area (Å²) in [7, 11) is 1.39. The van der Waals surface area contributed by atoms with Crippen LogP contribution in [0.15, 0.2) is 54.6 Å². The van der Waals surface area contributed by atoms with Crippen LogP contribution in [-0.4, -0.2) is 36.5 Å². The third-order valence-corrected chi connectivity index (χ3v) is 4.59. The number of halogens is 1. The van der Waals surface area contributed by atoms with E-state index in [-0.39, 0.29) is 40.1 Å². The molecule has 0 saturated carbocycles. The Morgan fingerprint density at radius 2 is 2.00 bits per heavy atom. The lowest BCUT2D eigenvalue weighted by molar-refractivity contribution is -0.384. The van der Waals surface area contributed by atoms with Gasteiger partial charge in [-0.2, -0.15) is 0 Å². The molecule has 0 atom stereocenters. The topological polar surface area (TPSA) is 128 Å². The van der Waals surface area contributed by atoms with Crippen molar-refractivity contribution in [1.29, 1.82) is 0 Å². The van der Waals surface area contributed by atoms with Crippen molar-refractivity contribution in [3.05, 3.63) is 75.3 Å². The fraction of sp³-hybridized carbons (Fsp3) is 0.0952. The summed E-state index contributed by atoms with van der Waals surface area (Å²) in [6.07, 6.45) is 2.75. The number of carbonyl (C=O) groups excluding carboxylic acids is 3. The molecule has 1 saturated heterocycles. The molecule has 1 aliphatic heterocycles. The first kappa shape index (κ1) is 22.5. The standard InChI is InChI=1S/C21H16ClN3O7/c1-3-7-32-18-16(22)9-12(10-17(18)31-2)8-15-19(26)23-21(28)24(20(15)27)13-5-4-6-14(11-13)25(29)30/h3-6,8-11H,1,7H2,2H3,(H,23,26,28)/b15-8+. The molecule has 0 bridgehead atoms. The Morgan fingerprint density at radius 3 is 2.66 bits per heavy atom. The number of nitrogens with one attached hydrogen (secondary N) is 1. The van der Waals surface area contributed by atoms with Crippen molar-refractivity contribution >= 4 is 46.9 Å². The molecule has 0 unspecified atom stereocenters. The highest BCUT2D eigenvalue weighted by atomic mass is 35.5. The fourth-order valence-electron chi connectivity index (χ4n) is 2.91. The number of imide groups is 2. The van der Waals surface area contributed by atoms with E-state index in [1.54, 1.807) is 0 Å². The van der Waals surface area contributed by atoms with Gasteiger partial charge in [0.05, 0.1) is 22.7 Å². The van der Waals surface area contributed by atoms with Gasteiger partial charge in [0.15, 0.2) is 11.5 Å². The number of non-ortho nitro benzene ring substituents is 1. The summed E-state index contributed by atoms with van der Waals surface area (Å²) in [5.74, 6) is -1.38. The second-order valence-electron chi connectivity index (χ2n) is 6.37. The van der Waals surface area contributed by atoms with E-state index in [4.69, 9.17) is 21.1 Å². The monoisotopic (exact) mass is 457 g/mol. The highest BCUT2D eigenvalue weighted by Crippen LogP contribution is 2.37. The molecule has 1 fully saturated rings. The minimum atomic E-state index is -1.03. The zero-order chi connectivity index (χ0) is 23.4. The third-order valence-electron chi connectivity index (χ3n) is 4.31. The van der Waals surface area contributed by atoms with Crippen LogP contribution in [0.25, 0.3) is 6.08 Å². The maximum atomic E-state index is 13.0. The van der Waals surface area contributed by atoms with Crippen molar-refractivity contribution in [2.75, 3.05) is 18.6 Å². The van der Waals surface area contributed by atoms with Crippen LogP contribution in [-0.2, 0) is 9.59 Å². The summed E-state index contributed by atoms with van der Waals surface area (Å²) in [6, 6.07) is 6.83. The van der Waals surface area contributed by atoms with Gasteiger partial charge in [-0.05, 0) is 29.8 Å². The summed E-state index contributed by atoms with van der Waals surface area (Å²) >= 11 is 6.25. The lowest BCUT2D eigenvalue weighted by Gasteiger charge is -2.26. The predicted molar refractivity (Wildman–Crippen MR) is 116 cm³/mol. The lowest BCUT2D eigenvalue weighted by Crippen LogP contribution is -2.54. The minimum Gasteiger partial charge on any atom is -0.493 e. The van der Waals surface area contributed by atoms with E-state index >= 15 is 0 Å². The third kappa shape index (κ3) is 4.44. The van der Waals surface area contributed by atoms with Crippen LogP contribution in [0.3, 0.4) is 0 Å². The SMILES string of the molecule is C=CCOc1c(Cl)cc(/C=C2\C(=O)NC(=O)N(c3cccc([N+](=O)[O-])c3)C2=O)cc1OC. The van der Waals surface area contributed by atoms with E-state index in [2.05, 4.69) is 6.58 Å². The average Bonchev–Trinajstić information content (AvgIpc) is 2.75. The van der Waals surface area contributed by atoms with Crippen LogP contribution in [0.4, 0.5) is 16.2 Å². The first-order valence-electron chi connectivity index (χ1n) is 9.04. The number of methoxy groups -OCH3 is 1. The maximum absolute atomic E-state index is 13.0. The molecule has 1 N–H and O–H groups in total. The van der Waals surface area contributed by atoms with Gasteiger partial charge in [-0.25, -0.2) is 9.69 Å². The van der Waals surface area contributed by atoms with Gasteiger partial charge >= 0.3 is 6.03 Å². The van der Waals surface area contributed by atoms with Gasteiger partial charge in [-0.3, -0.25) is 25.0 Å². The van der Waals surface area contributed by atoms with Crippen LogP contribution >= 0.6 is 11.6 Å². The molecule has 3 rings (SSSR count). The van der Waals surface area contributed by atoms with Gasteiger partial charge < -0.3 is 9.47 Å². The van der Waals surface area contributed by atoms with Gasteiger partial charge in [-0.15, -0.1) is 0 Å². The van der Waals surface area contributed by atoms with Crippen LogP contribution in [0.2, 0.25) is 5.02 Å². The number of rotatable bonds is 7. The van der Waals surface area contributed by atoms with Crippen LogP contribution in [0.1, 0.15) is 5.56 Å². The number of amides is 4. The smallest absolute Gasteiger partial charge is 0.335 e. The second kappa shape index (κ2) is 9.31. The van der Waals surface area contributed by atoms with Gasteiger partial charge in [0.1, 0.15) is 12.2 Å². The van der Waals surface area contributed by atoms with E-state index in [0.29, 0.717) is 10.5 Å². The molecule has 0 aliphatic carbocycles. The molecule has 0 spiro atoms. The van der Waals surface area contributed by atoms with Crippen molar-refractivity contribution in [2.45, 2.75) is 0 Å². The average molecular weight is 458 g/mol. The molecule has 164 valence electrons. The highest BCUT2D eigenvalue weighted by molar-refractivity contribution is 6.39. The first-order valence-corrected chi connectivity index (χ1v) is 9.41. The van der Waals surface area contributed by atoms with E-state index < -0.39 is 22.8 Å². The number of anilines is 1. The Labute approximate surface area is 186 Å². The minimum absolute atomic E-state index is 0.0658. The molecule has 10 nitrogen and oxygen atoms in total. The van der Waals surface area contributed by atoms with Gasteiger partial charge in [-0.1, -0.05) is 30.3 Å². The summed E-state index contributed by atoms with van der Waals surface area (Å²) in [5, 5.41) is 13.2. The van der Waals surface area contributed by atoms with Crippen molar-refractivity contribution < 1.29 is 28.8 Å². The Balaban J connectivity index is 2.03. The maximum Gasteiger partial charge on any atom is 0.335 e. The number of urea groups is 1. The quantitative estimate of drug-likeness (QED) is 0.221. The van der Waals surface area contributed by atoms with E-state index in [0.717, 1.165) is 6.07 Å². The summed E-state index contributed by atoms with van der Waals surface area (Å²) in [6.45, 7) is 3.73. The number of benzene rings is 2. The zero-order valence-corrected chi connectivity index (χ0v) is 17.4. The Hall–Kier alpha value is -4.18. The molecule has 2 aromatic rings. The Bertz CT molecular complexity index is 1180. The normalized spacial score (nSPS) is 14.9. The number of nitrogens with zero attached hydrogens (tertiary/aromatic N) is 2. The Morgan fingerprint density at radius 1 is 1.25 bits per heavy atom. The number of nitro groups is 1. The van der Waals surface area contributed by atoms with Gasteiger partial charge in [0.25, 0.3) is 17.5 Å². The van der Waals surface area contributed by atoms with Gasteiger partial charge in [0, 0.05) is 12.1 Å². The predicted octanol–water partition coefficient (Wildman–Crippen LogP) is 3.49. The van der Waals surface area contributed by atoms with Crippen molar-refractivity contribution in [3.63, 3.8) is 0 Å². The van der Waals surface area contributed by atoms with Crippen molar-refractivity contribution in [3.8, 4) is 11.5 Å². The van der Waals surface area contributed by atoms with Crippen molar-refractivity contribution in [1.82, 2.24) is 5.32 Å². The lowest BCUT2D eigenvalue weighted by atomic mass is 10.1. The summed E-state index contributed by atoms with van der Waals surface area (Å²) in [5.41, 5.74) is -0.445. The number of carbonyl (C=O) groups is 3. The molecule has 0 radical (unpaired) electrons. The molecule has 1 aliphatic rings. The fourth-order valence-corrected chi connectivity index (χ4v) is 3.18. The molecule has 0 aromatic heterocycles. The number of hydrogen-bond donors (Lipinski definition) is 1. The molecule has 11 heteroatoms. The molecular weight excluding hydrogens is 442 g/mol. The summed E-state index contributed by atoms with van der Waals surface area (Å²) < 4.78 is 10.7. The summed E-state index contributed by atoms with van der Waals surface area (Å²) in [4.78, 5) is 48.7. The second-order valence-corrected chi connectivity index (χ2v) is 6.78. The van der Waals surface area contributed by atoms with E-state index in [1.807, 2.05) is 5.32 Å². The number of ether oxygens (including phenoxy) is 2. The molecule has 1 heterocycles. The molecule has 4 amide bonds. The highest BCUT2D eigenvalue weighted by Gasteiger charge is 2.37. The largest absolute Gasteiger partial charge is 0.493 e. The van der Waals surface area contributed by atoms with E-state index in [1.165, 1.54) is 49.6 Å². The van der Waals surface area contributed by atoms with Crippen LogP contribution in [0, 0.1) is 10.1 Å². The molecular formula is C21H16ClN3O7. The Kier molecular flexibility index (Phi) is 6.55. The first-order chi connectivity index (χ1) is 15.3. The van der Waals surface area contributed by atoms with E-state index in [9.17, 15) is 24.5 Å². The molecule has 2 aromatic carbocycles. The van der Waals surface area contributed by atoms with Crippen molar-refractivity contribution in [2.24, 2.45) is 0 Å². The van der Waals surface area contributed by atoms with Gasteiger partial charge in [0.2, 0.25) is 0 Å². The number of nitro benzene ring substituents is 1. The van der Waals surface area contributed by atoms with Crippen LogP contribution in [0.5, 0.6) is 11.5 Å². The zero-order valence-electron chi connectivity index (χ0n) is 16.7. The molecule has 32 heavy (non-hydrogen) atoms.